The summed E-state index contributed by atoms with van der Waals surface area (Å²) in [5.74, 6) is 0. The number of benzene rings is 1. The third-order valence-electron chi connectivity index (χ3n) is 3.24. The third kappa shape index (κ3) is 5.95. The summed E-state index contributed by atoms with van der Waals surface area (Å²) in [6.45, 7) is 2.22. The average Bonchev–Trinajstić information content (AvgIpc) is 2.39. The van der Waals surface area contributed by atoms with Crippen LogP contribution >= 0.6 is 7.72 Å². The summed E-state index contributed by atoms with van der Waals surface area (Å²) >= 11 is 0. The maximum atomic E-state index is 10.1. The standard InChI is InChI=1S/C15H26O2P/c1-2-3-4-5-6-7-11-14-18(16,17)15-12-9-8-10-13-15/h8-10,12-13,16-17H,2-7,11,14H2,1H3/q+1. The van der Waals surface area contributed by atoms with Gasteiger partial charge in [-0.25, -0.2) is 9.79 Å². The van der Waals surface area contributed by atoms with E-state index in [9.17, 15) is 9.79 Å². The topological polar surface area (TPSA) is 40.5 Å². The highest BCUT2D eigenvalue weighted by molar-refractivity contribution is 7.72. The second kappa shape index (κ2) is 8.63. The highest BCUT2D eigenvalue weighted by Crippen LogP contribution is 2.49. The SMILES string of the molecule is CCCCCCCCC[P+](O)(O)c1ccccc1. The minimum absolute atomic E-state index is 0.533. The predicted molar refractivity (Wildman–Crippen MR) is 80.3 cm³/mol. The van der Waals surface area contributed by atoms with Gasteiger partial charge in [0.15, 0.2) is 5.30 Å². The number of hydrogen-bond acceptors (Lipinski definition) is 2. The molecular weight excluding hydrogens is 243 g/mol. The van der Waals surface area contributed by atoms with E-state index in [1.807, 2.05) is 30.3 Å². The van der Waals surface area contributed by atoms with Crippen LogP contribution in [0.5, 0.6) is 0 Å². The summed E-state index contributed by atoms with van der Waals surface area (Å²) in [6, 6.07) is 9.25. The maximum Gasteiger partial charge on any atom is 0.299 e. The molecule has 0 aromatic heterocycles. The number of hydrogen-bond donors (Lipinski definition) is 2. The van der Waals surface area contributed by atoms with Crippen LogP contribution < -0.4 is 5.30 Å². The molecule has 102 valence electrons. The molecule has 1 aromatic carbocycles. The highest BCUT2D eigenvalue weighted by Gasteiger charge is 2.35. The normalized spacial score (nSPS) is 11.7. The fourth-order valence-corrected chi connectivity index (χ4v) is 3.66. The van der Waals surface area contributed by atoms with Gasteiger partial charge in [0.2, 0.25) is 0 Å². The molecule has 0 unspecified atom stereocenters. The first-order valence-electron chi connectivity index (χ1n) is 7.06. The van der Waals surface area contributed by atoms with E-state index >= 15 is 0 Å². The van der Waals surface area contributed by atoms with Crippen LogP contribution in [0.1, 0.15) is 51.9 Å². The van der Waals surface area contributed by atoms with Gasteiger partial charge in [0, 0.05) is 0 Å². The van der Waals surface area contributed by atoms with Crippen LogP contribution in [0.15, 0.2) is 30.3 Å². The second-order valence-electron chi connectivity index (χ2n) is 4.91. The van der Waals surface area contributed by atoms with Crippen LogP contribution in [0.2, 0.25) is 0 Å². The van der Waals surface area contributed by atoms with E-state index in [2.05, 4.69) is 6.92 Å². The molecule has 0 saturated heterocycles. The van der Waals surface area contributed by atoms with Crippen molar-refractivity contribution in [1.82, 2.24) is 0 Å². The van der Waals surface area contributed by atoms with Gasteiger partial charge in [0.25, 0.3) is 7.72 Å². The average molecular weight is 269 g/mol. The summed E-state index contributed by atoms with van der Waals surface area (Å²) in [4.78, 5) is 20.2. The number of unbranched alkanes of at least 4 members (excludes halogenated alkanes) is 6. The van der Waals surface area contributed by atoms with E-state index in [0.717, 1.165) is 12.8 Å². The van der Waals surface area contributed by atoms with Crippen LogP contribution in [0.4, 0.5) is 0 Å². The van der Waals surface area contributed by atoms with Crippen LogP contribution in [0.25, 0.3) is 0 Å². The molecule has 0 bridgehead atoms. The summed E-state index contributed by atoms with van der Waals surface area (Å²) in [6.07, 6.45) is 8.97. The smallest absolute Gasteiger partial charge is 0.215 e. The first-order chi connectivity index (χ1) is 8.67. The molecule has 0 spiro atoms. The lowest BCUT2D eigenvalue weighted by Crippen LogP contribution is -2.12. The van der Waals surface area contributed by atoms with E-state index in [4.69, 9.17) is 0 Å². The molecule has 1 aromatic rings. The van der Waals surface area contributed by atoms with Crippen molar-refractivity contribution in [2.24, 2.45) is 0 Å². The predicted octanol–water partition coefficient (Wildman–Crippen LogP) is 3.89. The van der Waals surface area contributed by atoms with E-state index in [0.29, 0.717) is 11.5 Å². The van der Waals surface area contributed by atoms with Crippen molar-refractivity contribution in [2.45, 2.75) is 51.9 Å². The molecule has 0 heterocycles. The van der Waals surface area contributed by atoms with Crippen molar-refractivity contribution < 1.29 is 9.79 Å². The quantitative estimate of drug-likeness (QED) is 0.527. The molecule has 3 heteroatoms. The van der Waals surface area contributed by atoms with Gasteiger partial charge in [-0.15, -0.1) is 0 Å². The molecule has 2 nitrogen and oxygen atoms in total. The van der Waals surface area contributed by atoms with Gasteiger partial charge in [-0.05, 0) is 25.0 Å². The third-order valence-corrected chi connectivity index (χ3v) is 5.31. The Bertz CT molecular complexity index is 312. The highest BCUT2D eigenvalue weighted by atomic mass is 31.2. The van der Waals surface area contributed by atoms with Crippen LogP contribution in [0, 0.1) is 0 Å². The Hall–Kier alpha value is -0.430. The van der Waals surface area contributed by atoms with Gasteiger partial charge in [-0.2, -0.15) is 0 Å². The Labute approximate surface area is 112 Å². The zero-order valence-electron chi connectivity index (χ0n) is 11.4. The van der Waals surface area contributed by atoms with Crippen LogP contribution in [-0.4, -0.2) is 15.9 Å². The zero-order chi connectivity index (χ0) is 13.3. The van der Waals surface area contributed by atoms with Gasteiger partial charge < -0.3 is 0 Å². The summed E-state index contributed by atoms with van der Waals surface area (Å²) in [7, 11) is -2.86. The van der Waals surface area contributed by atoms with Gasteiger partial charge in [0.1, 0.15) is 6.16 Å². The Kier molecular flexibility index (Phi) is 7.50. The fraction of sp³-hybridized carbons (Fsp3) is 0.600. The van der Waals surface area contributed by atoms with Crippen LogP contribution in [0.3, 0.4) is 0 Å². The minimum atomic E-state index is -2.86. The van der Waals surface area contributed by atoms with Crippen molar-refractivity contribution in [2.75, 3.05) is 6.16 Å². The Morgan fingerprint density at radius 3 is 2.00 bits per heavy atom. The molecule has 0 atom stereocenters. The van der Waals surface area contributed by atoms with Crippen molar-refractivity contribution in [1.29, 1.82) is 0 Å². The monoisotopic (exact) mass is 269 g/mol. The van der Waals surface area contributed by atoms with Gasteiger partial charge in [-0.1, -0.05) is 57.2 Å². The lowest BCUT2D eigenvalue weighted by atomic mass is 10.1. The summed E-state index contributed by atoms with van der Waals surface area (Å²) in [5, 5.41) is 0.705. The van der Waals surface area contributed by atoms with E-state index < -0.39 is 7.72 Å². The Balaban J connectivity index is 2.18. The molecule has 0 amide bonds. The maximum absolute atomic E-state index is 10.1. The first-order valence-corrected chi connectivity index (χ1v) is 8.94. The summed E-state index contributed by atoms with van der Waals surface area (Å²) in [5.41, 5.74) is 0. The lowest BCUT2D eigenvalue weighted by molar-refractivity contribution is 0.459. The Morgan fingerprint density at radius 1 is 0.833 bits per heavy atom. The lowest BCUT2D eigenvalue weighted by Gasteiger charge is -2.11. The molecule has 0 aliphatic rings. The van der Waals surface area contributed by atoms with Crippen molar-refractivity contribution in [3.63, 3.8) is 0 Å². The molecule has 0 saturated carbocycles. The van der Waals surface area contributed by atoms with Crippen LogP contribution in [-0.2, 0) is 0 Å². The molecule has 1 rings (SSSR count). The van der Waals surface area contributed by atoms with Gasteiger partial charge in [-0.3, -0.25) is 0 Å². The molecule has 0 aliphatic heterocycles. The largest absolute Gasteiger partial charge is 0.299 e. The van der Waals surface area contributed by atoms with Crippen molar-refractivity contribution >= 4 is 13.0 Å². The molecule has 18 heavy (non-hydrogen) atoms. The minimum Gasteiger partial charge on any atom is -0.215 e. The molecule has 2 N–H and O–H groups in total. The second-order valence-corrected chi connectivity index (χ2v) is 7.34. The molecule has 0 aliphatic carbocycles. The van der Waals surface area contributed by atoms with E-state index in [1.165, 1.54) is 32.1 Å². The Morgan fingerprint density at radius 2 is 1.39 bits per heavy atom. The van der Waals surface area contributed by atoms with E-state index in [-0.39, 0.29) is 0 Å². The number of rotatable bonds is 9. The summed E-state index contributed by atoms with van der Waals surface area (Å²) < 4.78 is 0. The molecule has 0 radical (unpaired) electrons. The molecular formula is C15H26O2P+. The van der Waals surface area contributed by atoms with Gasteiger partial charge >= 0.3 is 0 Å². The van der Waals surface area contributed by atoms with Crippen molar-refractivity contribution in [3.8, 4) is 0 Å². The zero-order valence-corrected chi connectivity index (χ0v) is 12.3. The fourth-order valence-electron chi connectivity index (χ4n) is 2.09. The first kappa shape index (κ1) is 15.6. The van der Waals surface area contributed by atoms with Gasteiger partial charge in [0.05, 0.1) is 0 Å². The van der Waals surface area contributed by atoms with E-state index in [1.54, 1.807) is 0 Å². The van der Waals surface area contributed by atoms with Crippen molar-refractivity contribution in [3.05, 3.63) is 30.3 Å². The molecule has 0 fully saturated rings.